The summed E-state index contributed by atoms with van der Waals surface area (Å²) in [5.41, 5.74) is 2.72. The van der Waals surface area contributed by atoms with Gasteiger partial charge in [0.2, 0.25) is 0 Å². The fourth-order valence-electron chi connectivity index (χ4n) is 2.52. The second-order valence-electron chi connectivity index (χ2n) is 5.33. The number of amides is 1. The molecule has 0 fully saturated rings. The van der Waals surface area contributed by atoms with Crippen molar-refractivity contribution in [2.45, 2.75) is 13.0 Å². The molecule has 1 unspecified atom stereocenters. The van der Waals surface area contributed by atoms with Crippen LogP contribution < -0.4 is 14.8 Å². The molecule has 0 aliphatic heterocycles. The zero-order valence-electron chi connectivity index (χ0n) is 13.7. The molecule has 0 aliphatic carbocycles. The third-order valence-electron chi connectivity index (χ3n) is 3.83. The number of nitrogens with zero attached hydrogens (tertiary/aromatic N) is 2. The lowest BCUT2D eigenvalue weighted by Gasteiger charge is -2.18. The fraction of sp³-hybridized carbons (Fsp3) is 0.235. The minimum Gasteiger partial charge on any atom is -0.497 e. The normalized spacial score (nSPS) is 12.0. The third kappa shape index (κ3) is 3.01. The number of aromatic nitrogens is 3. The largest absolute Gasteiger partial charge is 0.497 e. The van der Waals surface area contributed by atoms with Crippen LogP contribution in [0.4, 0.5) is 0 Å². The maximum absolute atomic E-state index is 12.5. The lowest BCUT2D eigenvalue weighted by atomic mass is 10.1. The molecule has 124 valence electrons. The molecule has 2 N–H and O–H groups in total. The number of fused-ring (bicyclic) bond motifs is 1. The second-order valence-corrected chi connectivity index (χ2v) is 5.33. The van der Waals surface area contributed by atoms with Gasteiger partial charge in [-0.3, -0.25) is 4.79 Å². The zero-order chi connectivity index (χ0) is 17.1. The molecule has 2 aromatic carbocycles. The van der Waals surface area contributed by atoms with Gasteiger partial charge in [-0.2, -0.15) is 15.4 Å². The van der Waals surface area contributed by atoms with Crippen LogP contribution in [0.3, 0.4) is 0 Å². The lowest BCUT2D eigenvalue weighted by Crippen LogP contribution is -2.27. The molecular weight excluding hydrogens is 308 g/mol. The molecule has 1 heterocycles. The average Bonchev–Trinajstić information content (AvgIpc) is 3.08. The maximum Gasteiger partial charge on any atom is 0.251 e. The number of ether oxygens (including phenoxy) is 2. The standard InChI is InChI=1S/C17H18N4O3/c1-10(13-9-12(23-2)5-7-16(13)24-3)18-17(22)11-4-6-14-15(8-11)20-21-19-14/h4-10H,1-3H3,(H,18,22)(H,19,20,21). The Bertz CT molecular complexity index is 875. The number of benzene rings is 2. The first kappa shape index (κ1) is 15.8. The summed E-state index contributed by atoms with van der Waals surface area (Å²) in [5, 5.41) is 13.5. The van der Waals surface area contributed by atoms with Crippen LogP contribution in [0.15, 0.2) is 36.4 Å². The molecule has 7 heteroatoms. The van der Waals surface area contributed by atoms with Gasteiger partial charge in [0.25, 0.3) is 5.91 Å². The topological polar surface area (TPSA) is 89.1 Å². The summed E-state index contributed by atoms with van der Waals surface area (Å²) in [6, 6.07) is 10.4. The number of hydrogen-bond donors (Lipinski definition) is 2. The third-order valence-corrected chi connectivity index (χ3v) is 3.83. The van der Waals surface area contributed by atoms with Crippen LogP contribution in [0.25, 0.3) is 11.0 Å². The first-order valence-electron chi connectivity index (χ1n) is 7.45. The van der Waals surface area contributed by atoms with Crippen LogP contribution in [0.1, 0.15) is 28.9 Å². The first-order valence-corrected chi connectivity index (χ1v) is 7.45. The van der Waals surface area contributed by atoms with E-state index in [1.807, 2.05) is 25.1 Å². The fourth-order valence-corrected chi connectivity index (χ4v) is 2.52. The lowest BCUT2D eigenvalue weighted by molar-refractivity contribution is 0.0939. The van der Waals surface area contributed by atoms with Gasteiger partial charge in [-0.25, -0.2) is 0 Å². The summed E-state index contributed by atoms with van der Waals surface area (Å²) in [5.74, 6) is 1.20. The van der Waals surface area contributed by atoms with Crippen LogP contribution in [0.5, 0.6) is 11.5 Å². The molecule has 1 amide bonds. The molecule has 3 aromatic rings. The Kier molecular flexibility index (Phi) is 4.33. The first-order chi connectivity index (χ1) is 11.6. The minimum absolute atomic E-state index is 0.197. The number of hydrogen-bond acceptors (Lipinski definition) is 5. The summed E-state index contributed by atoms with van der Waals surface area (Å²) in [4.78, 5) is 12.5. The predicted molar refractivity (Wildman–Crippen MR) is 89.3 cm³/mol. The monoisotopic (exact) mass is 326 g/mol. The van der Waals surface area contributed by atoms with Crippen molar-refractivity contribution in [3.05, 3.63) is 47.5 Å². The number of nitrogens with one attached hydrogen (secondary N) is 2. The quantitative estimate of drug-likeness (QED) is 0.752. The molecule has 1 atom stereocenters. The van der Waals surface area contributed by atoms with Gasteiger partial charge >= 0.3 is 0 Å². The van der Waals surface area contributed by atoms with Crippen LogP contribution in [0, 0.1) is 0 Å². The highest BCUT2D eigenvalue weighted by molar-refractivity contribution is 5.97. The smallest absolute Gasteiger partial charge is 0.251 e. The van der Waals surface area contributed by atoms with Gasteiger partial charge in [0, 0.05) is 11.1 Å². The van der Waals surface area contributed by atoms with Crippen molar-refractivity contribution in [2.24, 2.45) is 0 Å². The van der Waals surface area contributed by atoms with Crippen molar-refractivity contribution in [1.82, 2.24) is 20.7 Å². The van der Waals surface area contributed by atoms with Gasteiger partial charge in [-0.15, -0.1) is 0 Å². The summed E-state index contributed by atoms with van der Waals surface area (Å²) in [6.07, 6.45) is 0. The van der Waals surface area contributed by atoms with Gasteiger partial charge in [0.1, 0.15) is 22.5 Å². The minimum atomic E-state index is -0.254. The zero-order valence-corrected chi connectivity index (χ0v) is 13.7. The van der Waals surface area contributed by atoms with Crippen molar-refractivity contribution < 1.29 is 14.3 Å². The molecule has 7 nitrogen and oxygen atoms in total. The summed E-state index contributed by atoms with van der Waals surface area (Å²) < 4.78 is 10.6. The van der Waals surface area contributed by atoms with Gasteiger partial charge in [0.05, 0.1) is 20.3 Å². The van der Waals surface area contributed by atoms with Crippen molar-refractivity contribution >= 4 is 16.9 Å². The predicted octanol–water partition coefficient (Wildman–Crippen LogP) is 2.47. The summed E-state index contributed by atoms with van der Waals surface area (Å²) in [7, 11) is 3.19. The highest BCUT2D eigenvalue weighted by Crippen LogP contribution is 2.29. The molecule has 24 heavy (non-hydrogen) atoms. The molecule has 3 rings (SSSR count). The summed E-state index contributed by atoms with van der Waals surface area (Å²) >= 11 is 0. The van der Waals surface area contributed by atoms with Gasteiger partial charge in [-0.05, 0) is 43.3 Å². The van der Waals surface area contributed by atoms with Crippen LogP contribution >= 0.6 is 0 Å². The molecule has 0 bridgehead atoms. The van der Waals surface area contributed by atoms with E-state index in [1.165, 1.54) is 0 Å². The Hall–Kier alpha value is -3.09. The molecule has 0 saturated carbocycles. The molecule has 0 aliphatic rings. The van der Waals surface area contributed by atoms with E-state index in [2.05, 4.69) is 20.7 Å². The number of rotatable bonds is 5. The van der Waals surface area contributed by atoms with E-state index < -0.39 is 0 Å². The van der Waals surface area contributed by atoms with E-state index in [0.717, 1.165) is 5.56 Å². The Labute approximate surface area is 139 Å². The van der Waals surface area contributed by atoms with Crippen molar-refractivity contribution in [3.63, 3.8) is 0 Å². The Morgan fingerprint density at radius 3 is 2.62 bits per heavy atom. The van der Waals surface area contributed by atoms with Crippen LogP contribution in [-0.4, -0.2) is 35.5 Å². The van der Waals surface area contributed by atoms with Crippen molar-refractivity contribution in [3.8, 4) is 11.5 Å². The number of carbonyl (C=O) groups is 1. The number of H-pyrrole nitrogens is 1. The average molecular weight is 326 g/mol. The van der Waals surface area contributed by atoms with Crippen molar-refractivity contribution in [1.29, 1.82) is 0 Å². The molecular formula is C17H18N4O3. The highest BCUT2D eigenvalue weighted by atomic mass is 16.5. The summed E-state index contributed by atoms with van der Waals surface area (Å²) in [6.45, 7) is 1.89. The number of methoxy groups -OCH3 is 2. The van der Waals surface area contributed by atoms with Gasteiger partial charge in [-0.1, -0.05) is 0 Å². The molecule has 0 saturated heterocycles. The Morgan fingerprint density at radius 2 is 1.88 bits per heavy atom. The van der Waals surface area contributed by atoms with E-state index in [4.69, 9.17) is 9.47 Å². The van der Waals surface area contributed by atoms with E-state index in [-0.39, 0.29) is 11.9 Å². The van der Waals surface area contributed by atoms with Crippen LogP contribution in [0.2, 0.25) is 0 Å². The second kappa shape index (κ2) is 6.57. The van der Waals surface area contributed by atoms with E-state index in [0.29, 0.717) is 28.1 Å². The Morgan fingerprint density at radius 1 is 1.08 bits per heavy atom. The molecule has 0 radical (unpaired) electrons. The van der Waals surface area contributed by atoms with Crippen molar-refractivity contribution in [2.75, 3.05) is 14.2 Å². The molecule has 1 aromatic heterocycles. The number of carbonyl (C=O) groups excluding carboxylic acids is 1. The van der Waals surface area contributed by atoms with Gasteiger partial charge < -0.3 is 14.8 Å². The van der Waals surface area contributed by atoms with Crippen LogP contribution in [-0.2, 0) is 0 Å². The van der Waals surface area contributed by atoms with E-state index in [9.17, 15) is 4.79 Å². The number of aromatic amines is 1. The van der Waals surface area contributed by atoms with E-state index in [1.54, 1.807) is 32.4 Å². The highest BCUT2D eigenvalue weighted by Gasteiger charge is 2.17. The maximum atomic E-state index is 12.5. The van der Waals surface area contributed by atoms with Gasteiger partial charge in [0.15, 0.2) is 0 Å². The van der Waals surface area contributed by atoms with E-state index >= 15 is 0 Å². The SMILES string of the molecule is COc1ccc(OC)c(C(C)NC(=O)c2ccc3n[nH]nc3c2)c1. The molecule has 0 spiro atoms. The Balaban J connectivity index is 1.83.